The topological polar surface area (TPSA) is 81.9 Å². The first-order valence-corrected chi connectivity index (χ1v) is 13.5. The molecule has 0 fully saturated rings. The molecule has 7 nitrogen and oxygen atoms in total. The molecule has 8 heteroatoms. The van der Waals surface area contributed by atoms with Gasteiger partial charge in [-0.3, -0.25) is 14.2 Å². The van der Waals surface area contributed by atoms with Gasteiger partial charge in [0.2, 0.25) is 0 Å². The van der Waals surface area contributed by atoms with Crippen molar-refractivity contribution in [3.05, 3.63) is 121 Å². The van der Waals surface area contributed by atoms with Gasteiger partial charge in [0.1, 0.15) is 11.5 Å². The van der Waals surface area contributed by atoms with Gasteiger partial charge in [-0.25, -0.2) is 4.99 Å². The summed E-state index contributed by atoms with van der Waals surface area (Å²) in [6.07, 6.45) is 1.87. The molecule has 0 unspecified atom stereocenters. The van der Waals surface area contributed by atoms with E-state index in [1.165, 1.54) is 11.3 Å². The molecule has 2 heterocycles. The molecule has 4 aromatic rings. The maximum Gasteiger partial charge on any atom is 0.271 e. The Kier molecular flexibility index (Phi) is 7.47. The zero-order valence-corrected chi connectivity index (χ0v) is 23.0. The van der Waals surface area contributed by atoms with Crippen molar-refractivity contribution in [2.75, 3.05) is 12.4 Å². The Hall–Kier alpha value is -4.43. The third kappa shape index (κ3) is 5.56. The van der Waals surface area contributed by atoms with Crippen LogP contribution in [0.4, 0.5) is 5.69 Å². The molecule has 0 radical (unpaired) electrons. The lowest BCUT2D eigenvalue weighted by Crippen LogP contribution is -2.40. The van der Waals surface area contributed by atoms with E-state index in [1.807, 2.05) is 98.8 Å². The first-order chi connectivity index (χ1) is 18.8. The lowest BCUT2D eigenvalue weighted by atomic mass is 9.95. The zero-order valence-electron chi connectivity index (χ0n) is 22.2. The van der Waals surface area contributed by atoms with E-state index >= 15 is 0 Å². The van der Waals surface area contributed by atoms with Crippen LogP contribution < -0.4 is 29.7 Å². The van der Waals surface area contributed by atoms with Gasteiger partial charge in [0, 0.05) is 5.69 Å². The summed E-state index contributed by atoms with van der Waals surface area (Å²) >= 11 is 1.30. The number of aromatic nitrogens is 1. The Morgan fingerprint density at radius 2 is 1.77 bits per heavy atom. The minimum atomic E-state index is -0.683. The van der Waals surface area contributed by atoms with Crippen molar-refractivity contribution < 1.29 is 14.3 Å². The highest BCUT2D eigenvalue weighted by molar-refractivity contribution is 7.07. The number of hydrogen-bond donors (Lipinski definition) is 1. The predicted molar refractivity (Wildman–Crippen MR) is 154 cm³/mol. The SMILES string of the molecule is COc1cccc([C@H]2C(C(=O)Nc3ccccc3)=C(C)N=c3s/c(=C\c4cccc(OC(C)C)c4)c(=O)n32)c1. The Bertz CT molecular complexity index is 1740. The largest absolute Gasteiger partial charge is 0.497 e. The number of nitrogens with one attached hydrogen (secondary N) is 1. The van der Waals surface area contributed by atoms with Crippen molar-refractivity contribution in [2.45, 2.75) is 32.9 Å². The highest BCUT2D eigenvalue weighted by Gasteiger charge is 2.32. The fourth-order valence-electron chi connectivity index (χ4n) is 4.56. The number of hydrogen-bond acceptors (Lipinski definition) is 6. The van der Waals surface area contributed by atoms with Crippen LogP contribution in [0.3, 0.4) is 0 Å². The van der Waals surface area contributed by atoms with Crippen LogP contribution in [0.2, 0.25) is 0 Å². The van der Waals surface area contributed by atoms with Gasteiger partial charge in [-0.15, -0.1) is 0 Å². The summed E-state index contributed by atoms with van der Waals surface area (Å²) in [6.45, 7) is 5.74. The molecule has 0 bridgehead atoms. The number of carbonyl (C=O) groups is 1. The van der Waals surface area contributed by atoms with E-state index in [1.54, 1.807) is 18.6 Å². The second kappa shape index (κ2) is 11.1. The fraction of sp³-hybridized carbons (Fsp3) is 0.194. The standard InChI is InChI=1S/C31H29N3O4S/c1-19(2)38-25-15-8-10-21(16-25)17-26-30(36)34-28(22-11-9-14-24(18-22)37-4)27(20(3)32-31(34)39-26)29(35)33-23-12-6-5-7-13-23/h5-19,28H,1-4H3,(H,33,35)/b26-17-/t28-/m0/s1. The molecule has 39 heavy (non-hydrogen) atoms. The van der Waals surface area contributed by atoms with Crippen molar-refractivity contribution in [1.29, 1.82) is 0 Å². The Labute approximate surface area is 230 Å². The molecule has 1 amide bonds. The summed E-state index contributed by atoms with van der Waals surface area (Å²) in [6, 6.07) is 23.6. The summed E-state index contributed by atoms with van der Waals surface area (Å²) in [5.41, 5.74) is 2.98. The van der Waals surface area contributed by atoms with Crippen molar-refractivity contribution in [3.63, 3.8) is 0 Å². The molecule has 1 atom stereocenters. The molecule has 0 saturated heterocycles. The van der Waals surface area contributed by atoms with E-state index in [0.717, 1.165) is 16.9 Å². The van der Waals surface area contributed by atoms with Crippen LogP contribution in [0.1, 0.15) is 37.9 Å². The zero-order chi connectivity index (χ0) is 27.5. The maximum atomic E-state index is 13.9. The second-order valence-electron chi connectivity index (χ2n) is 9.42. The molecule has 1 aliphatic heterocycles. The van der Waals surface area contributed by atoms with Gasteiger partial charge in [0.05, 0.1) is 35.1 Å². The van der Waals surface area contributed by atoms with Gasteiger partial charge in [-0.05, 0) is 74.4 Å². The number of amides is 1. The highest BCUT2D eigenvalue weighted by atomic mass is 32.1. The molecular formula is C31H29N3O4S. The summed E-state index contributed by atoms with van der Waals surface area (Å²) < 4.78 is 13.4. The van der Waals surface area contributed by atoms with Crippen LogP contribution in [0.25, 0.3) is 6.08 Å². The van der Waals surface area contributed by atoms with Crippen LogP contribution >= 0.6 is 11.3 Å². The summed E-state index contributed by atoms with van der Waals surface area (Å²) in [5, 5.41) is 2.97. The number of nitrogens with zero attached hydrogens (tertiary/aromatic N) is 2. The van der Waals surface area contributed by atoms with Gasteiger partial charge in [-0.1, -0.05) is 53.8 Å². The van der Waals surface area contributed by atoms with Crippen molar-refractivity contribution in [1.82, 2.24) is 4.57 Å². The van der Waals surface area contributed by atoms with E-state index in [0.29, 0.717) is 32.0 Å². The molecule has 1 aliphatic rings. The average molecular weight is 540 g/mol. The first kappa shape index (κ1) is 26.2. The molecular weight excluding hydrogens is 510 g/mol. The summed E-state index contributed by atoms with van der Waals surface area (Å²) in [7, 11) is 1.59. The third-order valence-electron chi connectivity index (χ3n) is 6.24. The minimum Gasteiger partial charge on any atom is -0.497 e. The predicted octanol–water partition coefficient (Wildman–Crippen LogP) is 4.67. The number of anilines is 1. The minimum absolute atomic E-state index is 0.0388. The Morgan fingerprint density at radius 3 is 2.51 bits per heavy atom. The quantitative estimate of drug-likeness (QED) is 0.370. The average Bonchev–Trinajstić information content (AvgIpc) is 3.22. The Balaban J connectivity index is 1.65. The van der Waals surface area contributed by atoms with Crippen molar-refractivity contribution >= 4 is 29.0 Å². The van der Waals surface area contributed by atoms with Crippen LogP contribution in [0.5, 0.6) is 11.5 Å². The molecule has 0 saturated carbocycles. The number of para-hydroxylation sites is 1. The number of fused-ring (bicyclic) bond motifs is 1. The molecule has 198 valence electrons. The smallest absolute Gasteiger partial charge is 0.271 e. The molecule has 5 rings (SSSR count). The van der Waals surface area contributed by atoms with E-state index in [4.69, 9.17) is 14.5 Å². The molecule has 0 aliphatic carbocycles. The summed E-state index contributed by atoms with van der Waals surface area (Å²) in [4.78, 5) is 32.8. The van der Waals surface area contributed by atoms with E-state index in [9.17, 15) is 9.59 Å². The van der Waals surface area contributed by atoms with Crippen LogP contribution in [-0.2, 0) is 4.79 Å². The van der Waals surface area contributed by atoms with E-state index in [2.05, 4.69) is 5.32 Å². The van der Waals surface area contributed by atoms with Crippen LogP contribution in [-0.4, -0.2) is 23.7 Å². The van der Waals surface area contributed by atoms with Gasteiger partial charge < -0.3 is 14.8 Å². The monoisotopic (exact) mass is 539 g/mol. The van der Waals surface area contributed by atoms with Crippen molar-refractivity contribution in [2.24, 2.45) is 4.99 Å². The van der Waals surface area contributed by atoms with Gasteiger partial charge in [0.15, 0.2) is 4.80 Å². The van der Waals surface area contributed by atoms with Gasteiger partial charge in [0.25, 0.3) is 11.5 Å². The number of allylic oxidation sites excluding steroid dienone is 1. The maximum absolute atomic E-state index is 13.9. The van der Waals surface area contributed by atoms with E-state index in [-0.39, 0.29) is 17.6 Å². The van der Waals surface area contributed by atoms with E-state index < -0.39 is 6.04 Å². The molecule has 3 aromatic carbocycles. The number of ether oxygens (including phenoxy) is 2. The lowest BCUT2D eigenvalue weighted by molar-refractivity contribution is -0.113. The first-order valence-electron chi connectivity index (χ1n) is 12.6. The number of rotatable bonds is 7. The molecule has 1 N–H and O–H groups in total. The van der Waals surface area contributed by atoms with Crippen LogP contribution in [0, 0.1) is 0 Å². The number of carbonyl (C=O) groups excluding carboxylic acids is 1. The molecule has 0 spiro atoms. The normalized spacial score (nSPS) is 15.1. The van der Waals surface area contributed by atoms with Gasteiger partial charge >= 0.3 is 0 Å². The van der Waals surface area contributed by atoms with Crippen molar-refractivity contribution in [3.8, 4) is 11.5 Å². The van der Waals surface area contributed by atoms with Gasteiger partial charge in [-0.2, -0.15) is 0 Å². The highest BCUT2D eigenvalue weighted by Crippen LogP contribution is 2.32. The summed E-state index contributed by atoms with van der Waals surface area (Å²) in [5.74, 6) is 1.05. The molecule has 1 aromatic heterocycles. The number of methoxy groups -OCH3 is 1. The number of benzene rings is 3. The second-order valence-corrected chi connectivity index (χ2v) is 10.4. The Morgan fingerprint density at radius 1 is 1.03 bits per heavy atom. The lowest BCUT2D eigenvalue weighted by Gasteiger charge is -2.25. The fourth-order valence-corrected chi connectivity index (χ4v) is 5.61. The number of thiazole rings is 1. The third-order valence-corrected chi connectivity index (χ3v) is 7.22. The van der Waals surface area contributed by atoms with Crippen LogP contribution in [0.15, 0.2) is 99.9 Å².